The third kappa shape index (κ3) is 2.32. The van der Waals surface area contributed by atoms with E-state index >= 15 is 0 Å². The van der Waals surface area contributed by atoms with Crippen molar-refractivity contribution in [3.63, 3.8) is 0 Å². The van der Waals surface area contributed by atoms with Gasteiger partial charge < -0.3 is 0 Å². The number of fused-ring (bicyclic) bond motifs is 1. The zero-order valence-corrected chi connectivity index (χ0v) is 11.6. The summed E-state index contributed by atoms with van der Waals surface area (Å²) in [5.74, 6) is 0. The smallest absolute Gasteiger partial charge is 0.166 e. The minimum Gasteiger partial charge on any atom is -0.224 e. The standard InChI is InChI=1S/C5H3ClIN4P.C2H6/c6-4-3-1-10-11(12-7)5(3)9-2-8-4;1-2/h1-2,12H;1-2H3. The Morgan fingerprint density at radius 3 is 2.79 bits per heavy atom. The Balaban J connectivity index is 0.000000461. The first-order valence-electron chi connectivity index (χ1n) is 4.04. The van der Waals surface area contributed by atoms with E-state index in [1.165, 1.54) is 6.33 Å². The molecular weight excluding hydrogens is 333 g/mol. The fourth-order valence-corrected chi connectivity index (χ4v) is 2.47. The zero-order chi connectivity index (χ0) is 10.6. The van der Waals surface area contributed by atoms with Gasteiger partial charge in [-0.15, -0.1) is 0 Å². The highest BCUT2D eigenvalue weighted by Crippen LogP contribution is 2.28. The Morgan fingerprint density at radius 1 is 1.43 bits per heavy atom. The van der Waals surface area contributed by atoms with E-state index in [0.29, 0.717) is 11.5 Å². The maximum Gasteiger partial charge on any atom is 0.166 e. The molecule has 0 aliphatic heterocycles. The summed E-state index contributed by atoms with van der Waals surface area (Å²) in [7, 11) is 0. The van der Waals surface area contributed by atoms with E-state index in [2.05, 4.69) is 37.1 Å². The van der Waals surface area contributed by atoms with Gasteiger partial charge in [-0.05, 0) is 22.0 Å². The molecule has 0 saturated heterocycles. The molecule has 0 aliphatic carbocycles. The molecule has 0 spiro atoms. The molecule has 1 atom stereocenters. The molecule has 0 aliphatic rings. The minimum absolute atomic E-state index is 0.459. The van der Waals surface area contributed by atoms with Crippen LogP contribution in [-0.4, -0.2) is 19.5 Å². The first-order chi connectivity index (χ1) is 6.83. The van der Waals surface area contributed by atoms with Crippen molar-refractivity contribution in [2.75, 3.05) is 0 Å². The Labute approximate surface area is 102 Å². The first kappa shape index (κ1) is 12.1. The van der Waals surface area contributed by atoms with Crippen LogP contribution in [0.2, 0.25) is 5.15 Å². The van der Waals surface area contributed by atoms with Gasteiger partial charge in [0.2, 0.25) is 0 Å². The molecule has 2 rings (SSSR count). The predicted molar refractivity (Wildman–Crippen MR) is 69.4 cm³/mol. The molecule has 1 unspecified atom stereocenters. The van der Waals surface area contributed by atoms with E-state index in [0.717, 1.165) is 11.0 Å². The second-order valence-corrected chi connectivity index (χ2v) is 4.44. The second kappa shape index (κ2) is 5.78. The van der Waals surface area contributed by atoms with E-state index in [1.54, 1.807) is 10.6 Å². The largest absolute Gasteiger partial charge is 0.224 e. The van der Waals surface area contributed by atoms with Crippen molar-refractivity contribution >= 4 is 51.0 Å². The van der Waals surface area contributed by atoms with Crippen molar-refractivity contribution in [1.82, 2.24) is 19.5 Å². The second-order valence-electron chi connectivity index (χ2n) is 2.04. The predicted octanol–water partition coefficient (Wildman–Crippen LogP) is 3.30. The van der Waals surface area contributed by atoms with Gasteiger partial charge in [0.15, 0.2) is 5.65 Å². The first-order valence-corrected chi connectivity index (χ1v) is 8.48. The lowest BCUT2D eigenvalue weighted by Crippen LogP contribution is -1.86. The Morgan fingerprint density at radius 2 is 2.14 bits per heavy atom. The van der Waals surface area contributed by atoms with Crippen molar-refractivity contribution in [3.8, 4) is 0 Å². The highest BCUT2D eigenvalue weighted by molar-refractivity contribution is 14.2. The van der Waals surface area contributed by atoms with Gasteiger partial charge in [-0.3, -0.25) is 0 Å². The summed E-state index contributed by atoms with van der Waals surface area (Å²) >= 11 is 8.06. The number of halogens is 2. The van der Waals surface area contributed by atoms with Gasteiger partial charge in [0.1, 0.15) is 11.5 Å². The molecule has 2 aromatic heterocycles. The summed E-state index contributed by atoms with van der Waals surface area (Å²) in [6.45, 7) is 4.00. The fourth-order valence-electron chi connectivity index (χ4n) is 0.877. The average Bonchev–Trinajstić information content (AvgIpc) is 2.65. The summed E-state index contributed by atoms with van der Waals surface area (Å²) < 4.78 is 1.80. The van der Waals surface area contributed by atoms with Gasteiger partial charge in [-0.2, -0.15) is 5.10 Å². The molecule has 0 radical (unpaired) electrons. The molecule has 0 bridgehead atoms. The third-order valence-corrected chi connectivity index (χ3v) is 3.56. The summed E-state index contributed by atoms with van der Waals surface area (Å²) in [5.41, 5.74) is 0.794. The molecule has 4 nitrogen and oxygen atoms in total. The van der Waals surface area contributed by atoms with Gasteiger partial charge in [-0.25, -0.2) is 14.4 Å². The molecule has 0 fully saturated rings. The van der Waals surface area contributed by atoms with Crippen LogP contribution in [0.4, 0.5) is 0 Å². The van der Waals surface area contributed by atoms with E-state index in [9.17, 15) is 0 Å². The van der Waals surface area contributed by atoms with Gasteiger partial charge in [-0.1, -0.05) is 25.4 Å². The number of hydrogen-bond acceptors (Lipinski definition) is 3. The lowest BCUT2D eigenvalue weighted by Gasteiger charge is -1.94. The maximum atomic E-state index is 5.82. The van der Waals surface area contributed by atoms with E-state index in [-0.39, 0.29) is 0 Å². The third-order valence-electron chi connectivity index (χ3n) is 1.40. The van der Waals surface area contributed by atoms with Crippen LogP contribution in [0.15, 0.2) is 12.5 Å². The van der Waals surface area contributed by atoms with Gasteiger partial charge >= 0.3 is 0 Å². The molecular formula is C7H9ClIN4P. The fraction of sp³-hybridized carbons (Fsp3) is 0.286. The van der Waals surface area contributed by atoms with Crippen LogP contribution in [0.25, 0.3) is 11.0 Å². The number of rotatable bonds is 1. The minimum atomic E-state index is 0.459. The van der Waals surface area contributed by atoms with Gasteiger partial charge in [0.25, 0.3) is 0 Å². The maximum absolute atomic E-state index is 5.82. The molecule has 0 N–H and O–H groups in total. The molecule has 0 aromatic carbocycles. The van der Waals surface area contributed by atoms with E-state index < -0.39 is 0 Å². The monoisotopic (exact) mass is 342 g/mol. The van der Waals surface area contributed by atoms with E-state index in [1.807, 2.05) is 13.8 Å². The van der Waals surface area contributed by atoms with Crippen molar-refractivity contribution < 1.29 is 0 Å². The zero-order valence-electron chi connectivity index (χ0n) is 7.70. The summed E-state index contributed by atoms with van der Waals surface area (Å²) in [6, 6.07) is 0. The van der Waals surface area contributed by atoms with Crippen LogP contribution in [-0.2, 0) is 0 Å². The molecule has 7 heteroatoms. The summed E-state index contributed by atoms with van der Waals surface area (Å²) in [4.78, 5) is 7.94. The van der Waals surface area contributed by atoms with Gasteiger partial charge in [0.05, 0.1) is 18.0 Å². The van der Waals surface area contributed by atoms with Crippen LogP contribution in [0.1, 0.15) is 13.8 Å². The SMILES string of the molecule is CC.Clc1ncnc2c1cnn2PI. The van der Waals surface area contributed by atoms with Crippen LogP contribution < -0.4 is 0 Å². The molecule has 76 valence electrons. The molecule has 2 heterocycles. The lowest BCUT2D eigenvalue weighted by molar-refractivity contribution is 1.02. The quantitative estimate of drug-likeness (QED) is 0.454. The van der Waals surface area contributed by atoms with Crippen molar-refractivity contribution in [3.05, 3.63) is 17.7 Å². The normalized spacial score (nSPS) is 10.6. The average molecular weight is 343 g/mol. The summed E-state index contributed by atoms with van der Waals surface area (Å²) in [6.07, 6.45) is 3.66. The molecule has 0 amide bonds. The van der Waals surface area contributed by atoms with Crippen LogP contribution in [0.5, 0.6) is 0 Å². The Kier molecular flexibility index (Phi) is 4.98. The Bertz CT molecular complexity index is 419. The molecule has 14 heavy (non-hydrogen) atoms. The van der Waals surface area contributed by atoms with Gasteiger partial charge in [0, 0.05) is 0 Å². The molecule has 2 aromatic rings. The van der Waals surface area contributed by atoms with Crippen LogP contribution in [0, 0.1) is 0 Å². The number of aromatic nitrogens is 4. The van der Waals surface area contributed by atoms with Crippen molar-refractivity contribution in [2.45, 2.75) is 13.8 Å². The Hall–Kier alpha value is 0. The van der Waals surface area contributed by atoms with Crippen LogP contribution >= 0.6 is 40.0 Å². The molecule has 0 saturated carbocycles. The highest BCUT2D eigenvalue weighted by atomic mass is 127. The topological polar surface area (TPSA) is 43.6 Å². The number of nitrogens with zero attached hydrogens (tertiary/aromatic N) is 4. The van der Waals surface area contributed by atoms with E-state index in [4.69, 9.17) is 11.6 Å². The lowest BCUT2D eigenvalue weighted by atomic mass is 10.4. The number of hydrogen-bond donors (Lipinski definition) is 0. The highest BCUT2D eigenvalue weighted by Gasteiger charge is 2.06. The van der Waals surface area contributed by atoms with Crippen LogP contribution in [0.3, 0.4) is 0 Å². The van der Waals surface area contributed by atoms with Crippen molar-refractivity contribution in [2.24, 2.45) is 0 Å². The summed E-state index contributed by atoms with van der Waals surface area (Å²) in [5, 5.41) is 5.38. The van der Waals surface area contributed by atoms with Crippen molar-refractivity contribution in [1.29, 1.82) is 0 Å².